The molecule has 0 aromatic carbocycles. The molecular weight excluding hydrogens is 236 g/mol. The van der Waals surface area contributed by atoms with Crippen molar-refractivity contribution >= 4 is 5.97 Å². The van der Waals surface area contributed by atoms with Gasteiger partial charge in [-0.1, -0.05) is 0 Å². The van der Waals surface area contributed by atoms with Crippen LogP contribution in [0.25, 0.3) is 0 Å². The fraction of sp³-hybridized carbons (Fsp3) is 0.400. The smallest absolute Gasteiger partial charge is 0.342 e. The Kier molecular flexibility index (Phi) is 4.19. The summed E-state index contributed by atoms with van der Waals surface area (Å²) in [4.78, 5) is 15.1. The van der Waals surface area contributed by atoms with Gasteiger partial charge in [-0.05, 0) is 0 Å². The lowest BCUT2D eigenvalue weighted by atomic mass is 10.1. The average molecular weight is 247 g/mol. The van der Waals surface area contributed by atoms with Crippen molar-refractivity contribution in [2.24, 2.45) is 0 Å². The van der Waals surface area contributed by atoms with E-state index in [4.69, 9.17) is 9.47 Å². The number of alkyl halides is 2. The molecule has 0 amide bonds. The molecule has 1 aromatic rings. The molecule has 1 aromatic heterocycles. The normalized spacial score (nSPS) is 10.2. The van der Waals surface area contributed by atoms with Crippen molar-refractivity contribution in [3.8, 4) is 11.6 Å². The fourth-order valence-electron chi connectivity index (χ4n) is 1.30. The van der Waals surface area contributed by atoms with Gasteiger partial charge in [-0.15, -0.1) is 0 Å². The number of aromatic nitrogens is 1. The molecule has 5 nitrogen and oxygen atoms in total. The predicted octanol–water partition coefficient (Wildman–Crippen LogP) is 1.82. The predicted molar refractivity (Wildman–Crippen MR) is 53.6 cm³/mol. The number of esters is 1. The van der Waals surface area contributed by atoms with E-state index in [-0.39, 0.29) is 17.2 Å². The van der Waals surface area contributed by atoms with Crippen LogP contribution >= 0.6 is 0 Å². The zero-order valence-corrected chi connectivity index (χ0v) is 9.49. The maximum atomic E-state index is 12.7. The highest BCUT2D eigenvalue weighted by Crippen LogP contribution is 2.35. The lowest BCUT2D eigenvalue weighted by Crippen LogP contribution is -2.10. The fourth-order valence-corrected chi connectivity index (χ4v) is 1.30. The number of hydrogen-bond acceptors (Lipinski definition) is 5. The number of methoxy groups -OCH3 is 3. The van der Waals surface area contributed by atoms with E-state index in [1.54, 1.807) is 0 Å². The molecule has 0 aliphatic rings. The summed E-state index contributed by atoms with van der Waals surface area (Å²) in [7, 11) is 3.60. The van der Waals surface area contributed by atoms with E-state index in [0.29, 0.717) is 0 Å². The third kappa shape index (κ3) is 2.43. The van der Waals surface area contributed by atoms with Gasteiger partial charge in [-0.25, -0.2) is 18.6 Å². The summed E-state index contributed by atoms with van der Waals surface area (Å²) in [5, 5.41) is 0. The first-order chi connectivity index (χ1) is 8.06. The summed E-state index contributed by atoms with van der Waals surface area (Å²) in [6.45, 7) is 0. The average Bonchev–Trinajstić information content (AvgIpc) is 2.35. The Balaban J connectivity index is 3.50. The quantitative estimate of drug-likeness (QED) is 0.759. The highest BCUT2D eigenvalue weighted by atomic mass is 19.3. The monoisotopic (exact) mass is 247 g/mol. The topological polar surface area (TPSA) is 57.7 Å². The van der Waals surface area contributed by atoms with Crippen LogP contribution in [0.1, 0.15) is 22.3 Å². The van der Waals surface area contributed by atoms with Gasteiger partial charge in [0, 0.05) is 6.20 Å². The SMILES string of the molecule is COC(=O)c1c(C(F)F)cnc(OC)c1OC. The largest absolute Gasteiger partial charge is 0.491 e. The molecule has 0 saturated heterocycles. The molecule has 0 saturated carbocycles. The van der Waals surface area contributed by atoms with Crippen LogP contribution in [-0.4, -0.2) is 32.3 Å². The van der Waals surface area contributed by atoms with Crippen molar-refractivity contribution in [1.82, 2.24) is 4.98 Å². The van der Waals surface area contributed by atoms with E-state index >= 15 is 0 Å². The second kappa shape index (κ2) is 5.42. The summed E-state index contributed by atoms with van der Waals surface area (Å²) < 4.78 is 39.6. The first-order valence-electron chi connectivity index (χ1n) is 4.54. The zero-order chi connectivity index (χ0) is 13.0. The second-order valence-corrected chi connectivity index (χ2v) is 2.92. The van der Waals surface area contributed by atoms with E-state index in [9.17, 15) is 13.6 Å². The van der Waals surface area contributed by atoms with Gasteiger partial charge in [0.25, 0.3) is 12.3 Å². The van der Waals surface area contributed by atoms with Gasteiger partial charge in [-0.3, -0.25) is 0 Å². The van der Waals surface area contributed by atoms with Crippen LogP contribution < -0.4 is 9.47 Å². The Morgan fingerprint density at radius 2 is 1.94 bits per heavy atom. The molecule has 1 heterocycles. The molecular formula is C10H11F2NO4. The number of rotatable bonds is 4. The molecule has 0 radical (unpaired) electrons. The minimum Gasteiger partial charge on any atom is -0.491 e. The first kappa shape index (κ1) is 13.1. The molecule has 17 heavy (non-hydrogen) atoms. The maximum absolute atomic E-state index is 12.7. The summed E-state index contributed by atoms with van der Waals surface area (Å²) in [5.41, 5.74) is -0.939. The minimum atomic E-state index is -2.86. The van der Waals surface area contributed by atoms with Gasteiger partial charge in [0.05, 0.1) is 26.9 Å². The summed E-state index contributed by atoms with van der Waals surface area (Å²) in [6.07, 6.45) is -2.01. The van der Waals surface area contributed by atoms with Crippen LogP contribution in [0, 0.1) is 0 Å². The molecule has 0 aliphatic carbocycles. The van der Waals surface area contributed by atoms with E-state index in [2.05, 4.69) is 9.72 Å². The first-order valence-corrected chi connectivity index (χ1v) is 4.54. The van der Waals surface area contributed by atoms with Crippen molar-refractivity contribution in [2.45, 2.75) is 6.43 Å². The molecule has 0 unspecified atom stereocenters. The van der Waals surface area contributed by atoms with Gasteiger partial charge in [0.1, 0.15) is 5.56 Å². The Morgan fingerprint density at radius 1 is 1.29 bits per heavy atom. The van der Waals surface area contributed by atoms with Crippen LogP contribution in [0.4, 0.5) is 8.78 Å². The van der Waals surface area contributed by atoms with Gasteiger partial charge in [0.2, 0.25) is 0 Å². The van der Waals surface area contributed by atoms with Crippen LogP contribution in [0.2, 0.25) is 0 Å². The lowest BCUT2D eigenvalue weighted by molar-refractivity contribution is 0.0583. The summed E-state index contributed by atoms with van der Waals surface area (Å²) in [5.74, 6) is -1.16. The number of pyridine rings is 1. The van der Waals surface area contributed by atoms with E-state index in [1.807, 2.05) is 0 Å². The number of carbonyl (C=O) groups excluding carboxylic acids is 1. The van der Waals surface area contributed by atoms with Crippen molar-refractivity contribution < 1.29 is 27.8 Å². The Morgan fingerprint density at radius 3 is 2.35 bits per heavy atom. The zero-order valence-electron chi connectivity index (χ0n) is 9.49. The van der Waals surface area contributed by atoms with Crippen molar-refractivity contribution in [2.75, 3.05) is 21.3 Å². The van der Waals surface area contributed by atoms with Crippen molar-refractivity contribution in [1.29, 1.82) is 0 Å². The van der Waals surface area contributed by atoms with Crippen LogP contribution in [0.5, 0.6) is 11.6 Å². The molecule has 94 valence electrons. The molecule has 7 heteroatoms. The van der Waals surface area contributed by atoms with E-state index < -0.39 is 18.0 Å². The molecule has 1 rings (SSSR count). The van der Waals surface area contributed by atoms with E-state index in [0.717, 1.165) is 13.3 Å². The van der Waals surface area contributed by atoms with Crippen molar-refractivity contribution in [3.05, 3.63) is 17.3 Å². The molecule has 0 aliphatic heterocycles. The number of hydrogen-bond donors (Lipinski definition) is 0. The van der Waals surface area contributed by atoms with Crippen LogP contribution in [0.3, 0.4) is 0 Å². The van der Waals surface area contributed by atoms with Crippen LogP contribution in [0.15, 0.2) is 6.20 Å². The minimum absolute atomic E-state index is 0.0581. The number of nitrogens with zero attached hydrogens (tertiary/aromatic N) is 1. The molecule has 0 N–H and O–H groups in total. The maximum Gasteiger partial charge on any atom is 0.342 e. The lowest BCUT2D eigenvalue weighted by Gasteiger charge is -2.13. The number of halogens is 2. The van der Waals surface area contributed by atoms with Crippen molar-refractivity contribution in [3.63, 3.8) is 0 Å². The number of carbonyl (C=O) groups is 1. The number of ether oxygens (including phenoxy) is 3. The highest BCUT2D eigenvalue weighted by molar-refractivity contribution is 5.95. The van der Waals surface area contributed by atoms with E-state index in [1.165, 1.54) is 14.2 Å². The third-order valence-corrected chi connectivity index (χ3v) is 2.05. The Bertz CT molecular complexity index is 423. The highest BCUT2D eigenvalue weighted by Gasteiger charge is 2.27. The standard InChI is InChI=1S/C10H11F2NO4/c1-15-7-6(10(14)17-3)5(8(11)12)4-13-9(7)16-2/h4,8H,1-3H3. The molecule has 0 bridgehead atoms. The van der Waals surface area contributed by atoms with Gasteiger partial charge < -0.3 is 14.2 Å². The second-order valence-electron chi connectivity index (χ2n) is 2.92. The summed E-state index contributed by atoms with van der Waals surface area (Å²) >= 11 is 0. The molecule has 0 spiro atoms. The van der Waals surface area contributed by atoms with Gasteiger partial charge in [0.15, 0.2) is 5.75 Å². The molecule has 0 fully saturated rings. The van der Waals surface area contributed by atoms with Gasteiger partial charge in [-0.2, -0.15) is 0 Å². The third-order valence-electron chi connectivity index (χ3n) is 2.05. The summed E-state index contributed by atoms with van der Waals surface area (Å²) in [6, 6.07) is 0. The van der Waals surface area contributed by atoms with Gasteiger partial charge >= 0.3 is 5.97 Å². The Labute approximate surface area is 96.3 Å². The Hall–Kier alpha value is -1.92. The molecule has 0 atom stereocenters. The van der Waals surface area contributed by atoms with Crippen LogP contribution in [-0.2, 0) is 4.74 Å².